The summed E-state index contributed by atoms with van der Waals surface area (Å²) in [6.45, 7) is 13.1. The third-order valence-corrected chi connectivity index (χ3v) is 7.44. The standard InChI is InChI=1S/C30H30FN5O2/c1-19-18-36(30(21-9-11-23(31)12-10-21)22-7-6-8-24(15-22)38-5)20(2)17-35(19)26-16-28(37)34(4)25-13-14-27(32-3)33-29(25)26/h6-16,19-20,30H,17-18H2,1-2,4-5H3/t19-,20+,30?/m0/s1. The first-order valence-corrected chi connectivity index (χ1v) is 12.6. The maximum Gasteiger partial charge on any atom is 0.270 e. The summed E-state index contributed by atoms with van der Waals surface area (Å²) in [6.07, 6.45) is 0. The van der Waals surface area contributed by atoms with Crippen LogP contribution in [0.25, 0.3) is 15.9 Å². The molecule has 1 unspecified atom stereocenters. The van der Waals surface area contributed by atoms with Crippen LogP contribution in [0.5, 0.6) is 5.75 Å². The zero-order chi connectivity index (χ0) is 27.0. The molecule has 38 heavy (non-hydrogen) atoms. The first-order valence-electron chi connectivity index (χ1n) is 12.6. The van der Waals surface area contributed by atoms with E-state index < -0.39 is 0 Å². The summed E-state index contributed by atoms with van der Waals surface area (Å²) in [5, 5.41) is 0. The molecule has 0 radical (unpaired) electrons. The van der Waals surface area contributed by atoms with E-state index in [9.17, 15) is 9.18 Å². The summed E-state index contributed by atoms with van der Waals surface area (Å²) < 4.78 is 20.9. The number of fused-ring (bicyclic) bond motifs is 1. The molecule has 3 heterocycles. The highest BCUT2D eigenvalue weighted by atomic mass is 19.1. The second-order valence-electron chi connectivity index (χ2n) is 9.85. The topological polar surface area (TPSA) is 55.0 Å². The molecule has 0 saturated carbocycles. The molecule has 4 aromatic rings. The molecular formula is C30H30FN5O2. The average molecular weight is 512 g/mol. The third kappa shape index (κ3) is 4.61. The molecule has 5 rings (SSSR count). The predicted octanol–water partition coefficient (Wildman–Crippen LogP) is 5.32. The van der Waals surface area contributed by atoms with Gasteiger partial charge in [0.15, 0.2) is 0 Å². The first kappa shape index (κ1) is 25.4. The molecule has 0 amide bonds. The quantitative estimate of drug-likeness (QED) is 0.340. The molecule has 0 aliphatic carbocycles. The SMILES string of the molecule is [C-]#[N+]c1ccc2c(n1)c(N1C[C@@H](C)N(C(c3ccc(F)cc3)c3cccc(OC)c3)C[C@@H]1C)cc(=O)n2C. The lowest BCUT2D eigenvalue weighted by Gasteiger charge is -2.48. The number of anilines is 1. The Morgan fingerprint density at radius 1 is 1.03 bits per heavy atom. The van der Waals surface area contributed by atoms with E-state index in [1.807, 2.05) is 30.3 Å². The highest BCUT2D eigenvalue weighted by molar-refractivity contribution is 5.89. The Labute approximate surface area is 221 Å². The van der Waals surface area contributed by atoms with Gasteiger partial charge >= 0.3 is 0 Å². The van der Waals surface area contributed by atoms with Crippen LogP contribution >= 0.6 is 0 Å². The lowest BCUT2D eigenvalue weighted by atomic mass is 9.93. The van der Waals surface area contributed by atoms with Crippen LogP contribution in [0.1, 0.15) is 31.0 Å². The molecule has 1 aliphatic rings. The fourth-order valence-electron chi connectivity index (χ4n) is 5.46. The van der Waals surface area contributed by atoms with Crippen LogP contribution in [0.4, 0.5) is 15.9 Å². The third-order valence-electron chi connectivity index (χ3n) is 7.44. The molecule has 0 bridgehead atoms. The number of ether oxygens (including phenoxy) is 1. The average Bonchev–Trinajstić information content (AvgIpc) is 2.93. The Morgan fingerprint density at radius 2 is 1.79 bits per heavy atom. The van der Waals surface area contributed by atoms with Gasteiger partial charge in [-0.2, -0.15) is 0 Å². The second-order valence-corrected chi connectivity index (χ2v) is 9.85. The molecule has 8 heteroatoms. The van der Waals surface area contributed by atoms with E-state index >= 15 is 0 Å². The first-order chi connectivity index (χ1) is 18.3. The van der Waals surface area contributed by atoms with Crippen LogP contribution in [-0.4, -0.2) is 46.7 Å². The van der Waals surface area contributed by atoms with E-state index in [1.165, 1.54) is 12.1 Å². The number of methoxy groups -OCH3 is 1. The van der Waals surface area contributed by atoms with Gasteiger partial charge < -0.3 is 19.0 Å². The van der Waals surface area contributed by atoms with Crippen molar-refractivity contribution >= 4 is 22.5 Å². The summed E-state index contributed by atoms with van der Waals surface area (Å²) in [5.74, 6) is 0.793. The largest absolute Gasteiger partial charge is 0.497 e. The Balaban J connectivity index is 1.56. The van der Waals surface area contributed by atoms with E-state index in [0.717, 1.165) is 22.6 Å². The van der Waals surface area contributed by atoms with Gasteiger partial charge in [0.2, 0.25) is 5.52 Å². The number of aromatic nitrogens is 2. The van der Waals surface area contributed by atoms with E-state index in [1.54, 1.807) is 36.9 Å². The molecular weight excluding hydrogens is 481 g/mol. The number of halogens is 1. The van der Waals surface area contributed by atoms with E-state index in [-0.39, 0.29) is 29.5 Å². The number of benzene rings is 2. The van der Waals surface area contributed by atoms with Gasteiger partial charge in [-0.1, -0.05) is 30.8 Å². The number of pyridine rings is 2. The van der Waals surface area contributed by atoms with Gasteiger partial charge in [-0.25, -0.2) is 4.39 Å². The summed E-state index contributed by atoms with van der Waals surface area (Å²) >= 11 is 0. The van der Waals surface area contributed by atoms with Crippen LogP contribution in [-0.2, 0) is 7.05 Å². The van der Waals surface area contributed by atoms with E-state index in [0.29, 0.717) is 29.9 Å². The van der Waals surface area contributed by atoms with Crippen molar-refractivity contribution in [1.29, 1.82) is 0 Å². The van der Waals surface area contributed by atoms with Crippen molar-refractivity contribution in [2.75, 3.05) is 25.1 Å². The summed E-state index contributed by atoms with van der Waals surface area (Å²) in [7, 11) is 3.37. The lowest BCUT2D eigenvalue weighted by Crippen LogP contribution is -2.57. The number of nitrogens with zero attached hydrogens (tertiary/aromatic N) is 5. The van der Waals surface area contributed by atoms with Gasteiger partial charge in [0.05, 0.1) is 24.4 Å². The van der Waals surface area contributed by atoms with Crippen molar-refractivity contribution in [3.05, 3.63) is 105 Å². The number of piperazine rings is 1. The van der Waals surface area contributed by atoms with Crippen molar-refractivity contribution in [2.24, 2.45) is 7.05 Å². The van der Waals surface area contributed by atoms with Crippen molar-refractivity contribution < 1.29 is 9.13 Å². The monoisotopic (exact) mass is 511 g/mol. The van der Waals surface area contributed by atoms with Gasteiger partial charge in [0, 0.05) is 38.3 Å². The van der Waals surface area contributed by atoms with Crippen LogP contribution < -0.4 is 15.2 Å². The number of aryl methyl sites for hydroxylation is 1. The minimum atomic E-state index is -0.270. The summed E-state index contributed by atoms with van der Waals surface area (Å²) in [5.41, 5.74) is 4.03. The number of hydrogen-bond acceptors (Lipinski definition) is 5. The Hall–Kier alpha value is -4.22. The zero-order valence-electron chi connectivity index (χ0n) is 21.9. The van der Waals surface area contributed by atoms with Gasteiger partial charge in [-0.3, -0.25) is 9.69 Å². The molecule has 2 aromatic carbocycles. The molecule has 1 aliphatic heterocycles. The van der Waals surface area contributed by atoms with Gasteiger partial charge in [0.1, 0.15) is 11.6 Å². The summed E-state index contributed by atoms with van der Waals surface area (Å²) in [4.78, 5) is 25.6. The van der Waals surface area contributed by atoms with E-state index in [2.05, 4.69) is 39.5 Å². The molecule has 0 spiro atoms. The molecule has 0 N–H and O–H groups in total. The Kier molecular flexibility index (Phi) is 6.87. The predicted molar refractivity (Wildman–Crippen MR) is 147 cm³/mol. The maximum atomic E-state index is 13.8. The van der Waals surface area contributed by atoms with Crippen molar-refractivity contribution in [2.45, 2.75) is 32.0 Å². The fraction of sp³-hybridized carbons (Fsp3) is 0.300. The Morgan fingerprint density at radius 3 is 2.50 bits per heavy atom. The van der Waals surface area contributed by atoms with Gasteiger partial charge in [-0.05, 0) is 61.4 Å². The minimum absolute atomic E-state index is 0.0356. The molecule has 194 valence electrons. The van der Waals surface area contributed by atoms with Gasteiger partial charge in [-0.15, -0.1) is 4.98 Å². The highest BCUT2D eigenvalue weighted by Crippen LogP contribution is 2.37. The normalized spacial score (nSPS) is 18.8. The maximum absolute atomic E-state index is 13.8. The van der Waals surface area contributed by atoms with Crippen molar-refractivity contribution in [3.63, 3.8) is 0 Å². The lowest BCUT2D eigenvalue weighted by molar-refractivity contribution is 0.130. The smallest absolute Gasteiger partial charge is 0.270 e. The number of hydrogen-bond donors (Lipinski definition) is 0. The van der Waals surface area contributed by atoms with E-state index in [4.69, 9.17) is 11.3 Å². The zero-order valence-corrected chi connectivity index (χ0v) is 21.9. The van der Waals surface area contributed by atoms with Crippen molar-refractivity contribution in [1.82, 2.24) is 14.5 Å². The van der Waals surface area contributed by atoms with Crippen LogP contribution in [0.3, 0.4) is 0 Å². The summed E-state index contributed by atoms with van der Waals surface area (Å²) in [6, 6.07) is 19.7. The molecule has 1 saturated heterocycles. The van der Waals surface area contributed by atoms with Crippen molar-refractivity contribution in [3.8, 4) is 5.75 Å². The molecule has 7 nitrogen and oxygen atoms in total. The minimum Gasteiger partial charge on any atom is -0.497 e. The molecule has 2 aromatic heterocycles. The second kappa shape index (κ2) is 10.3. The van der Waals surface area contributed by atoms with Gasteiger partial charge in [0.25, 0.3) is 11.4 Å². The Bertz CT molecular complexity index is 1580. The highest BCUT2D eigenvalue weighted by Gasteiger charge is 2.36. The molecule has 1 fully saturated rings. The fourth-order valence-corrected chi connectivity index (χ4v) is 5.46. The van der Waals surface area contributed by atoms with Crippen LogP contribution in [0.15, 0.2) is 71.5 Å². The molecule has 3 atom stereocenters. The van der Waals surface area contributed by atoms with Crippen LogP contribution in [0, 0.1) is 12.4 Å². The number of rotatable bonds is 5. The van der Waals surface area contributed by atoms with Crippen LogP contribution in [0.2, 0.25) is 0 Å².